The minimum atomic E-state index is 0.0569. The summed E-state index contributed by atoms with van der Waals surface area (Å²) in [6.45, 7) is 3.88. The number of rotatable bonds is 5. The molecule has 4 heteroatoms. The van der Waals surface area contributed by atoms with Gasteiger partial charge >= 0.3 is 0 Å². The Labute approximate surface area is 159 Å². The van der Waals surface area contributed by atoms with Crippen LogP contribution in [0.1, 0.15) is 32.6 Å². The smallest absolute Gasteiger partial charge is 0.254 e. The first-order valence-electron chi connectivity index (χ1n) is 9.19. The maximum atomic E-state index is 13.0. The summed E-state index contributed by atoms with van der Waals surface area (Å²) in [6.07, 6.45) is 4.42. The number of carbonyl (C=O) groups excluding carboxylic acids is 1. The SMILES string of the molecule is Cc1ccccc1COc1ccc2c(c1)C(=O)N(Cc1cccnc1)CC2. The van der Waals surface area contributed by atoms with Gasteiger partial charge in [0.15, 0.2) is 0 Å². The standard InChI is InChI=1S/C23H22N2O2/c1-17-5-2-3-7-20(17)16-27-21-9-8-19-10-12-25(23(26)22(19)13-21)15-18-6-4-11-24-14-18/h2-9,11,13-14H,10,12,15-16H2,1H3. The summed E-state index contributed by atoms with van der Waals surface area (Å²) < 4.78 is 5.96. The van der Waals surface area contributed by atoms with Crippen molar-refractivity contribution in [3.05, 3.63) is 94.8 Å². The third-order valence-corrected chi connectivity index (χ3v) is 5.00. The second kappa shape index (κ2) is 7.62. The van der Waals surface area contributed by atoms with E-state index < -0.39 is 0 Å². The summed E-state index contributed by atoms with van der Waals surface area (Å²) in [5.41, 5.74) is 5.23. The Kier molecular flexibility index (Phi) is 4.88. The molecule has 0 spiro atoms. The van der Waals surface area contributed by atoms with Crippen LogP contribution in [0.3, 0.4) is 0 Å². The average Bonchev–Trinajstić information content (AvgIpc) is 2.70. The summed E-state index contributed by atoms with van der Waals surface area (Å²) in [7, 11) is 0. The van der Waals surface area contributed by atoms with Gasteiger partial charge < -0.3 is 9.64 Å². The minimum Gasteiger partial charge on any atom is -0.489 e. The Morgan fingerprint density at radius 1 is 1.11 bits per heavy atom. The van der Waals surface area contributed by atoms with E-state index in [1.165, 1.54) is 5.56 Å². The van der Waals surface area contributed by atoms with Crippen molar-refractivity contribution in [1.29, 1.82) is 0 Å². The van der Waals surface area contributed by atoms with Crippen LogP contribution in [0.5, 0.6) is 5.75 Å². The molecule has 0 N–H and O–H groups in total. The lowest BCUT2D eigenvalue weighted by Gasteiger charge is -2.29. The van der Waals surface area contributed by atoms with Gasteiger partial charge in [0.2, 0.25) is 0 Å². The Morgan fingerprint density at radius 2 is 2.00 bits per heavy atom. The fraction of sp³-hybridized carbons (Fsp3) is 0.217. The second-order valence-electron chi connectivity index (χ2n) is 6.87. The molecule has 2 aromatic carbocycles. The number of benzene rings is 2. The topological polar surface area (TPSA) is 42.4 Å². The van der Waals surface area contributed by atoms with Gasteiger partial charge in [-0.2, -0.15) is 0 Å². The number of hydrogen-bond donors (Lipinski definition) is 0. The highest BCUT2D eigenvalue weighted by atomic mass is 16.5. The van der Waals surface area contributed by atoms with Crippen molar-refractivity contribution in [2.24, 2.45) is 0 Å². The van der Waals surface area contributed by atoms with E-state index in [1.807, 2.05) is 53.6 Å². The first kappa shape index (κ1) is 17.3. The molecule has 0 aliphatic carbocycles. The summed E-state index contributed by atoms with van der Waals surface area (Å²) >= 11 is 0. The van der Waals surface area contributed by atoms with Crippen molar-refractivity contribution in [1.82, 2.24) is 9.88 Å². The van der Waals surface area contributed by atoms with Gasteiger partial charge in [-0.05, 0) is 53.8 Å². The molecule has 2 heterocycles. The molecule has 0 radical (unpaired) electrons. The van der Waals surface area contributed by atoms with E-state index in [-0.39, 0.29) is 5.91 Å². The van der Waals surface area contributed by atoms with Crippen molar-refractivity contribution >= 4 is 5.91 Å². The Morgan fingerprint density at radius 3 is 2.81 bits per heavy atom. The lowest BCUT2D eigenvalue weighted by molar-refractivity contribution is 0.0726. The van der Waals surface area contributed by atoms with Crippen molar-refractivity contribution in [2.45, 2.75) is 26.5 Å². The maximum absolute atomic E-state index is 13.0. The van der Waals surface area contributed by atoms with Gasteiger partial charge in [0.25, 0.3) is 5.91 Å². The van der Waals surface area contributed by atoms with E-state index in [1.54, 1.807) is 6.20 Å². The molecule has 0 saturated heterocycles. The highest BCUT2D eigenvalue weighted by Gasteiger charge is 2.25. The maximum Gasteiger partial charge on any atom is 0.254 e. The molecule has 4 nitrogen and oxygen atoms in total. The van der Waals surface area contributed by atoms with Crippen molar-refractivity contribution in [3.8, 4) is 5.75 Å². The van der Waals surface area contributed by atoms with E-state index in [0.717, 1.165) is 41.0 Å². The molecular weight excluding hydrogens is 336 g/mol. The molecule has 0 saturated carbocycles. The highest BCUT2D eigenvalue weighted by Crippen LogP contribution is 2.25. The zero-order valence-corrected chi connectivity index (χ0v) is 15.4. The van der Waals surface area contributed by atoms with Gasteiger partial charge in [-0.25, -0.2) is 0 Å². The molecule has 0 fully saturated rings. The number of ether oxygens (including phenoxy) is 1. The number of aromatic nitrogens is 1. The number of nitrogens with zero attached hydrogens (tertiary/aromatic N) is 2. The van der Waals surface area contributed by atoms with E-state index in [2.05, 4.69) is 24.0 Å². The van der Waals surface area contributed by atoms with E-state index >= 15 is 0 Å². The molecule has 0 atom stereocenters. The molecular formula is C23H22N2O2. The summed E-state index contributed by atoms with van der Waals surface area (Å²) in [5.74, 6) is 0.787. The molecule has 1 amide bonds. The lowest BCUT2D eigenvalue weighted by Crippen LogP contribution is -2.37. The minimum absolute atomic E-state index is 0.0569. The van der Waals surface area contributed by atoms with Gasteiger partial charge in [0.05, 0.1) is 0 Å². The van der Waals surface area contributed by atoms with Crippen LogP contribution in [-0.2, 0) is 19.6 Å². The van der Waals surface area contributed by atoms with Crippen LogP contribution in [0.15, 0.2) is 67.0 Å². The molecule has 136 valence electrons. The second-order valence-corrected chi connectivity index (χ2v) is 6.87. The normalized spacial score (nSPS) is 13.4. The molecule has 4 rings (SSSR count). The van der Waals surface area contributed by atoms with Crippen LogP contribution in [0.2, 0.25) is 0 Å². The molecule has 0 unspecified atom stereocenters. The number of pyridine rings is 1. The number of carbonyl (C=O) groups is 1. The zero-order chi connectivity index (χ0) is 18.6. The molecule has 1 aromatic heterocycles. The largest absolute Gasteiger partial charge is 0.489 e. The van der Waals surface area contributed by atoms with E-state index in [9.17, 15) is 4.79 Å². The quantitative estimate of drug-likeness (QED) is 0.687. The van der Waals surface area contributed by atoms with Crippen LogP contribution in [-0.4, -0.2) is 22.3 Å². The third-order valence-electron chi connectivity index (χ3n) is 5.00. The van der Waals surface area contributed by atoms with Gasteiger partial charge in [-0.15, -0.1) is 0 Å². The molecule has 27 heavy (non-hydrogen) atoms. The molecule has 1 aliphatic heterocycles. The monoisotopic (exact) mass is 358 g/mol. The average molecular weight is 358 g/mol. The molecule has 0 bridgehead atoms. The van der Waals surface area contributed by atoms with Crippen LogP contribution < -0.4 is 4.74 Å². The third kappa shape index (κ3) is 3.85. The number of amides is 1. The van der Waals surface area contributed by atoms with E-state index in [0.29, 0.717) is 13.2 Å². The van der Waals surface area contributed by atoms with Gasteiger partial charge in [0, 0.05) is 31.0 Å². The van der Waals surface area contributed by atoms with Gasteiger partial charge in [0.1, 0.15) is 12.4 Å². The van der Waals surface area contributed by atoms with Crippen LogP contribution in [0.4, 0.5) is 0 Å². The van der Waals surface area contributed by atoms with Gasteiger partial charge in [-0.3, -0.25) is 9.78 Å². The summed E-state index contributed by atoms with van der Waals surface area (Å²) in [6, 6.07) is 17.9. The number of fused-ring (bicyclic) bond motifs is 1. The highest BCUT2D eigenvalue weighted by molar-refractivity contribution is 5.97. The fourth-order valence-electron chi connectivity index (χ4n) is 3.39. The van der Waals surface area contributed by atoms with Crippen molar-refractivity contribution < 1.29 is 9.53 Å². The predicted octanol–water partition coefficient (Wildman–Crippen LogP) is 4.17. The van der Waals surface area contributed by atoms with Crippen LogP contribution in [0.25, 0.3) is 0 Å². The first-order chi connectivity index (χ1) is 13.2. The zero-order valence-electron chi connectivity index (χ0n) is 15.4. The summed E-state index contributed by atoms with van der Waals surface area (Å²) in [5, 5.41) is 0. The fourth-order valence-corrected chi connectivity index (χ4v) is 3.39. The van der Waals surface area contributed by atoms with Gasteiger partial charge in [-0.1, -0.05) is 36.4 Å². The van der Waals surface area contributed by atoms with Crippen molar-refractivity contribution in [3.63, 3.8) is 0 Å². The molecule has 3 aromatic rings. The summed E-state index contributed by atoms with van der Waals surface area (Å²) in [4.78, 5) is 19.0. The van der Waals surface area contributed by atoms with Crippen LogP contribution >= 0.6 is 0 Å². The Bertz CT molecular complexity index is 954. The molecule has 1 aliphatic rings. The van der Waals surface area contributed by atoms with Crippen LogP contribution in [0, 0.1) is 6.92 Å². The number of hydrogen-bond acceptors (Lipinski definition) is 3. The number of aryl methyl sites for hydroxylation is 1. The van der Waals surface area contributed by atoms with Crippen molar-refractivity contribution in [2.75, 3.05) is 6.54 Å². The van der Waals surface area contributed by atoms with E-state index in [4.69, 9.17) is 4.74 Å². The first-order valence-corrected chi connectivity index (χ1v) is 9.19. The lowest BCUT2D eigenvalue weighted by atomic mass is 9.98. The Hall–Kier alpha value is -3.14. The Balaban J connectivity index is 1.49. The predicted molar refractivity (Wildman–Crippen MR) is 105 cm³/mol.